The maximum absolute atomic E-state index is 5.61. The zero-order valence-corrected chi connectivity index (χ0v) is 12.9. The molecule has 23 heavy (non-hydrogen) atoms. The highest BCUT2D eigenvalue weighted by atomic mass is 16.5. The van der Waals surface area contributed by atoms with E-state index in [2.05, 4.69) is 36.9 Å². The zero-order valence-electron chi connectivity index (χ0n) is 12.9. The van der Waals surface area contributed by atoms with Gasteiger partial charge in [-0.25, -0.2) is 9.97 Å². The van der Waals surface area contributed by atoms with Gasteiger partial charge in [0.1, 0.15) is 6.33 Å². The number of hydrogen-bond acceptors (Lipinski definition) is 7. The fourth-order valence-corrected chi connectivity index (χ4v) is 3.05. The molecular formula is C16H20N6O. The average molecular weight is 312 g/mol. The molecule has 0 saturated carbocycles. The molecule has 0 radical (unpaired) electrons. The monoisotopic (exact) mass is 312 g/mol. The number of nitrogens with two attached hydrogens (primary N) is 1. The molecule has 2 aliphatic rings. The molecule has 0 spiro atoms. The minimum absolute atomic E-state index is 0.246. The first-order valence-electron chi connectivity index (χ1n) is 7.91. The molecule has 2 fully saturated rings. The third kappa shape index (κ3) is 2.97. The van der Waals surface area contributed by atoms with Crippen molar-refractivity contribution in [2.24, 2.45) is 0 Å². The Kier molecular flexibility index (Phi) is 3.80. The van der Waals surface area contributed by atoms with E-state index in [1.165, 1.54) is 12.0 Å². The van der Waals surface area contributed by atoms with Crippen molar-refractivity contribution in [3.63, 3.8) is 0 Å². The van der Waals surface area contributed by atoms with Crippen molar-refractivity contribution in [1.82, 2.24) is 19.9 Å². The van der Waals surface area contributed by atoms with Gasteiger partial charge in [0.05, 0.1) is 19.3 Å². The Morgan fingerprint density at radius 1 is 1.00 bits per heavy atom. The maximum Gasteiger partial charge on any atom is 0.223 e. The van der Waals surface area contributed by atoms with Crippen LogP contribution >= 0.6 is 0 Å². The fraction of sp³-hybridized carbons (Fsp3) is 0.438. The minimum Gasteiger partial charge on any atom is -0.378 e. The predicted octanol–water partition coefficient (Wildman–Crippen LogP) is 0.642. The fourth-order valence-electron chi connectivity index (χ4n) is 3.05. The lowest BCUT2D eigenvalue weighted by Gasteiger charge is -2.43. The quantitative estimate of drug-likeness (QED) is 0.891. The molecule has 0 bridgehead atoms. The van der Waals surface area contributed by atoms with E-state index >= 15 is 0 Å². The number of ether oxygens (including phenoxy) is 1. The van der Waals surface area contributed by atoms with E-state index in [4.69, 9.17) is 10.5 Å². The largest absolute Gasteiger partial charge is 0.378 e. The van der Waals surface area contributed by atoms with Crippen LogP contribution in [0.1, 0.15) is 0 Å². The molecule has 2 aliphatic heterocycles. The molecule has 2 N–H and O–H groups in total. The summed E-state index contributed by atoms with van der Waals surface area (Å²) in [6.07, 6.45) is 1.44. The van der Waals surface area contributed by atoms with Crippen LogP contribution in [0.25, 0.3) is 11.4 Å². The molecule has 1 aromatic heterocycles. The van der Waals surface area contributed by atoms with Crippen LogP contribution in [-0.4, -0.2) is 65.3 Å². The Balaban J connectivity index is 1.42. The lowest BCUT2D eigenvalue weighted by molar-refractivity contribution is -0.0660. The van der Waals surface area contributed by atoms with Crippen LogP contribution in [0.4, 0.5) is 11.6 Å². The van der Waals surface area contributed by atoms with Crippen molar-refractivity contribution in [1.29, 1.82) is 0 Å². The molecule has 2 aromatic rings. The standard InChI is InChI=1S/C16H20N6O/c17-16-19-11-18-15(20-16)12-1-3-13(4-2-12)21-5-7-22(8-6-21)14-9-23-10-14/h1-4,11,14H,5-10H2,(H2,17,18,19,20). The van der Waals surface area contributed by atoms with Crippen molar-refractivity contribution in [2.45, 2.75) is 6.04 Å². The molecule has 1 aromatic carbocycles. The number of anilines is 2. The third-order valence-electron chi connectivity index (χ3n) is 4.53. The molecular weight excluding hydrogens is 292 g/mol. The Hall–Kier alpha value is -2.25. The van der Waals surface area contributed by atoms with Crippen LogP contribution in [0.5, 0.6) is 0 Å². The first-order valence-corrected chi connectivity index (χ1v) is 7.91. The predicted molar refractivity (Wildman–Crippen MR) is 88.1 cm³/mol. The van der Waals surface area contributed by atoms with E-state index in [9.17, 15) is 0 Å². The second kappa shape index (κ2) is 6.10. The lowest BCUT2D eigenvalue weighted by Crippen LogP contribution is -2.56. The van der Waals surface area contributed by atoms with Gasteiger partial charge in [-0.05, 0) is 24.3 Å². The van der Waals surface area contributed by atoms with Gasteiger partial charge in [0.2, 0.25) is 5.95 Å². The van der Waals surface area contributed by atoms with Gasteiger partial charge in [0, 0.05) is 37.4 Å². The van der Waals surface area contributed by atoms with Crippen LogP contribution in [0.15, 0.2) is 30.6 Å². The lowest BCUT2D eigenvalue weighted by atomic mass is 10.1. The number of aromatic nitrogens is 3. The summed E-state index contributed by atoms with van der Waals surface area (Å²) < 4.78 is 5.28. The Labute approximate surface area is 135 Å². The van der Waals surface area contributed by atoms with Gasteiger partial charge in [0.25, 0.3) is 0 Å². The van der Waals surface area contributed by atoms with Gasteiger partial charge in [-0.2, -0.15) is 4.98 Å². The van der Waals surface area contributed by atoms with E-state index in [1.807, 2.05) is 12.1 Å². The highest BCUT2D eigenvalue weighted by molar-refractivity contribution is 5.61. The molecule has 2 saturated heterocycles. The summed E-state index contributed by atoms with van der Waals surface area (Å²) >= 11 is 0. The summed E-state index contributed by atoms with van der Waals surface area (Å²) in [4.78, 5) is 17.1. The second-order valence-electron chi connectivity index (χ2n) is 5.93. The smallest absolute Gasteiger partial charge is 0.223 e. The summed E-state index contributed by atoms with van der Waals surface area (Å²) in [5, 5.41) is 0. The Morgan fingerprint density at radius 2 is 1.74 bits per heavy atom. The number of nitrogens with zero attached hydrogens (tertiary/aromatic N) is 5. The third-order valence-corrected chi connectivity index (χ3v) is 4.53. The molecule has 3 heterocycles. The number of rotatable bonds is 3. The molecule has 0 aliphatic carbocycles. The summed E-state index contributed by atoms with van der Waals surface area (Å²) in [6.45, 7) is 6.08. The SMILES string of the molecule is Nc1ncnc(-c2ccc(N3CCN(C4COC4)CC3)cc2)n1. The second-order valence-corrected chi connectivity index (χ2v) is 5.93. The van der Waals surface area contributed by atoms with Gasteiger partial charge in [-0.15, -0.1) is 0 Å². The molecule has 0 unspecified atom stereocenters. The van der Waals surface area contributed by atoms with Gasteiger partial charge < -0.3 is 15.4 Å². The summed E-state index contributed by atoms with van der Waals surface area (Å²) in [5.74, 6) is 0.856. The Bertz CT molecular complexity index is 665. The normalized spacial score (nSPS) is 19.6. The summed E-state index contributed by atoms with van der Waals surface area (Å²) in [7, 11) is 0. The zero-order chi connectivity index (χ0) is 15.6. The van der Waals surface area contributed by atoms with Crippen molar-refractivity contribution in [3.05, 3.63) is 30.6 Å². The summed E-state index contributed by atoms with van der Waals surface area (Å²) in [6, 6.07) is 8.95. The summed E-state index contributed by atoms with van der Waals surface area (Å²) in [5.41, 5.74) is 7.80. The number of piperazine rings is 1. The minimum atomic E-state index is 0.246. The van der Waals surface area contributed by atoms with Gasteiger partial charge in [-0.3, -0.25) is 4.90 Å². The van der Waals surface area contributed by atoms with Crippen molar-refractivity contribution < 1.29 is 4.74 Å². The van der Waals surface area contributed by atoms with Crippen molar-refractivity contribution >= 4 is 11.6 Å². The molecule has 0 atom stereocenters. The van der Waals surface area contributed by atoms with E-state index in [0.29, 0.717) is 11.9 Å². The van der Waals surface area contributed by atoms with Crippen molar-refractivity contribution in [3.8, 4) is 11.4 Å². The van der Waals surface area contributed by atoms with Crippen LogP contribution in [-0.2, 0) is 4.74 Å². The molecule has 120 valence electrons. The highest BCUT2D eigenvalue weighted by Gasteiger charge is 2.28. The number of benzene rings is 1. The molecule has 7 heteroatoms. The topological polar surface area (TPSA) is 80.4 Å². The van der Waals surface area contributed by atoms with E-state index in [-0.39, 0.29) is 5.95 Å². The van der Waals surface area contributed by atoms with E-state index < -0.39 is 0 Å². The van der Waals surface area contributed by atoms with Gasteiger partial charge in [0.15, 0.2) is 5.82 Å². The molecule has 7 nitrogen and oxygen atoms in total. The highest BCUT2D eigenvalue weighted by Crippen LogP contribution is 2.23. The van der Waals surface area contributed by atoms with Gasteiger partial charge in [-0.1, -0.05) is 0 Å². The number of hydrogen-bond donors (Lipinski definition) is 1. The Morgan fingerprint density at radius 3 is 2.35 bits per heavy atom. The molecule has 0 amide bonds. The van der Waals surface area contributed by atoms with E-state index in [0.717, 1.165) is 45.0 Å². The van der Waals surface area contributed by atoms with Crippen LogP contribution in [0, 0.1) is 0 Å². The number of nitrogen functional groups attached to an aromatic ring is 1. The first kappa shape index (κ1) is 14.3. The average Bonchev–Trinajstić information content (AvgIpc) is 2.54. The maximum atomic E-state index is 5.61. The first-order chi connectivity index (χ1) is 11.3. The van der Waals surface area contributed by atoms with Crippen molar-refractivity contribution in [2.75, 3.05) is 50.0 Å². The van der Waals surface area contributed by atoms with E-state index in [1.54, 1.807) is 0 Å². The van der Waals surface area contributed by atoms with Crippen LogP contribution in [0.3, 0.4) is 0 Å². The molecule has 4 rings (SSSR count). The van der Waals surface area contributed by atoms with Gasteiger partial charge >= 0.3 is 0 Å². The van der Waals surface area contributed by atoms with Crippen LogP contribution < -0.4 is 10.6 Å². The van der Waals surface area contributed by atoms with Crippen LogP contribution in [0.2, 0.25) is 0 Å².